The van der Waals surface area contributed by atoms with Crippen LogP contribution in [0.25, 0.3) is 0 Å². The predicted molar refractivity (Wildman–Crippen MR) is 168 cm³/mol. The molecule has 2 aromatic carbocycles. The standard InChI is InChI=1S/C31H40BrN3O7Si/c1-18-28(43(3,4)41)26(15-27(38)34-13-5-6-23(34)17-36)42-31(18)24-14-21(32)9-12-25(24)35(30(31)40)16-20-7-10-22(11-8-20)33-29(39)19(2)37/h7-12,14,18-19,23,26,28,36-37,41H,5-6,13,15-17H2,1-4H3,(H,33,39)/t18-,19+,23+,26+,28-,31+/m1/s1. The van der Waals surface area contributed by atoms with Crippen molar-refractivity contribution in [1.82, 2.24) is 4.90 Å². The molecule has 6 atom stereocenters. The molecule has 0 unspecified atom stereocenters. The number of aliphatic hydroxyl groups is 2. The normalized spacial score (nSPS) is 27.6. The number of carbonyl (C=O) groups is 3. The van der Waals surface area contributed by atoms with E-state index in [9.17, 15) is 29.4 Å². The van der Waals surface area contributed by atoms with Crippen molar-refractivity contribution in [2.45, 2.75) is 82.1 Å². The maximum absolute atomic E-state index is 14.6. The van der Waals surface area contributed by atoms with Crippen LogP contribution in [0.1, 0.15) is 44.2 Å². The van der Waals surface area contributed by atoms with E-state index in [2.05, 4.69) is 21.2 Å². The number of likely N-dealkylation sites (tertiary alicyclic amines) is 1. The Bertz CT molecular complexity index is 1400. The Balaban J connectivity index is 1.47. The molecule has 0 aliphatic carbocycles. The molecular weight excluding hydrogens is 634 g/mol. The van der Waals surface area contributed by atoms with E-state index in [4.69, 9.17) is 4.74 Å². The third-order valence-electron chi connectivity index (χ3n) is 9.17. The van der Waals surface area contributed by atoms with Gasteiger partial charge in [0, 0.05) is 33.7 Å². The van der Waals surface area contributed by atoms with Gasteiger partial charge in [0.2, 0.25) is 5.91 Å². The van der Waals surface area contributed by atoms with E-state index in [-0.39, 0.29) is 43.0 Å². The van der Waals surface area contributed by atoms with Crippen LogP contribution >= 0.6 is 15.9 Å². The van der Waals surface area contributed by atoms with Gasteiger partial charge in [-0.05, 0) is 68.8 Å². The Morgan fingerprint density at radius 2 is 1.91 bits per heavy atom. The molecule has 0 radical (unpaired) electrons. The molecule has 5 rings (SSSR count). The summed E-state index contributed by atoms with van der Waals surface area (Å²) in [6, 6.07) is 12.5. The lowest BCUT2D eigenvalue weighted by Gasteiger charge is -2.32. The number of hydrogen-bond acceptors (Lipinski definition) is 7. The molecule has 3 aliphatic rings. The summed E-state index contributed by atoms with van der Waals surface area (Å²) in [5.41, 5.74) is 0.988. The number of fused-ring (bicyclic) bond motifs is 2. The Labute approximate surface area is 261 Å². The van der Waals surface area contributed by atoms with E-state index >= 15 is 0 Å². The fourth-order valence-corrected chi connectivity index (χ4v) is 10.1. The molecular formula is C31H40BrN3O7Si. The van der Waals surface area contributed by atoms with Gasteiger partial charge in [-0.15, -0.1) is 0 Å². The van der Waals surface area contributed by atoms with Crippen molar-refractivity contribution >= 4 is 53.3 Å². The van der Waals surface area contributed by atoms with Crippen molar-refractivity contribution in [1.29, 1.82) is 0 Å². The summed E-state index contributed by atoms with van der Waals surface area (Å²) in [5.74, 6) is -1.29. The Morgan fingerprint density at radius 3 is 2.53 bits per heavy atom. The lowest BCUT2D eigenvalue weighted by Crippen LogP contribution is -2.46. The molecule has 10 nitrogen and oxygen atoms in total. The number of amides is 3. The number of nitrogens with zero attached hydrogens (tertiary/aromatic N) is 2. The van der Waals surface area contributed by atoms with Gasteiger partial charge < -0.3 is 34.9 Å². The van der Waals surface area contributed by atoms with Crippen molar-refractivity contribution in [3.63, 3.8) is 0 Å². The second-order valence-corrected chi connectivity index (χ2v) is 17.4. The largest absolute Gasteiger partial charge is 0.432 e. The van der Waals surface area contributed by atoms with Crippen LogP contribution in [0.3, 0.4) is 0 Å². The van der Waals surface area contributed by atoms with Crippen molar-refractivity contribution < 1.29 is 34.1 Å². The average Bonchev–Trinajstić information content (AvgIpc) is 3.60. The van der Waals surface area contributed by atoms with Crippen molar-refractivity contribution in [2.75, 3.05) is 23.4 Å². The molecule has 2 aromatic rings. The van der Waals surface area contributed by atoms with Crippen LogP contribution in [0.15, 0.2) is 46.9 Å². The first-order chi connectivity index (χ1) is 20.3. The minimum absolute atomic E-state index is 0.0283. The van der Waals surface area contributed by atoms with E-state index in [0.717, 1.165) is 22.9 Å². The highest BCUT2D eigenvalue weighted by Gasteiger charge is 2.66. The maximum Gasteiger partial charge on any atom is 0.264 e. The van der Waals surface area contributed by atoms with Crippen LogP contribution in [-0.2, 0) is 31.3 Å². The SMILES string of the molecule is C[C@H](O)C(=O)Nc1ccc(CN2C(=O)[C@@]3(O[C@@H](CC(=O)N4CCC[C@H]4CO)[C@H]([Si](C)(C)O)[C@H]3C)c3cc(Br)ccc32)cc1. The average molecular weight is 675 g/mol. The van der Waals surface area contributed by atoms with Crippen LogP contribution < -0.4 is 10.2 Å². The zero-order valence-corrected chi connectivity index (χ0v) is 27.5. The molecule has 2 saturated heterocycles. The highest BCUT2D eigenvalue weighted by atomic mass is 79.9. The number of ether oxygens (including phenoxy) is 1. The summed E-state index contributed by atoms with van der Waals surface area (Å²) in [6.45, 7) is 7.73. The van der Waals surface area contributed by atoms with Crippen LogP contribution in [0.2, 0.25) is 18.6 Å². The monoisotopic (exact) mass is 673 g/mol. The second-order valence-electron chi connectivity index (χ2n) is 12.5. The Kier molecular flexibility index (Phi) is 8.92. The molecule has 0 saturated carbocycles. The molecule has 2 fully saturated rings. The Morgan fingerprint density at radius 1 is 1.21 bits per heavy atom. The summed E-state index contributed by atoms with van der Waals surface area (Å²) in [7, 11) is -2.94. The lowest BCUT2D eigenvalue weighted by molar-refractivity contribution is -0.150. The van der Waals surface area contributed by atoms with Gasteiger partial charge in [-0.3, -0.25) is 14.4 Å². The third kappa shape index (κ3) is 5.80. The Hall–Kier alpha value is -2.61. The zero-order chi connectivity index (χ0) is 31.3. The first-order valence-corrected chi connectivity index (χ1v) is 18.6. The van der Waals surface area contributed by atoms with Crippen molar-refractivity contribution in [3.8, 4) is 0 Å². The van der Waals surface area contributed by atoms with Gasteiger partial charge in [-0.2, -0.15) is 0 Å². The minimum atomic E-state index is -2.94. The number of rotatable bonds is 8. The molecule has 0 bridgehead atoms. The van der Waals surface area contributed by atoms with Gasteiger partial charge in [-0.1, -0.05) is 35.0 Å². The van der Waals surface area contributed by atoms with E-state index in [1.807, 2.05) is 50.3 Å². The number of carbonyl (C=O) groups excluding carboxylic acids is 3. The van der Waals surface area contributed by atoms with Gasteiger partial charge in [0.15, 0.2) is 13.9 Å². The zero-order valence-electron chi connectivity index (χ0n) is 24.9. The summed E-state index contributed by atoms with van der Waals surface area (Å²) >= 11 is 3.57. The highest BCUT2D eigenvalue weighted by Crippen LogP contribution is 2.60. The van der Waals surface area contributed by atoms with E-state index in [1.54, 1.807) is 21.9 Å². The number of halogens is 1. The summed E-state index contributed by atoms with van der Waals surface area (Å²) in [4.78, 5) is 54.8. The fourth-order valence-electron chi connectivity index (χ4n) is 7.17. The molecule has 232 valence electrons. The van der Waals surface area contributed by atoms with Crippen LogP contribution in [0.4, 0.5) is 11.4 Å². The second kappa shape index (κ2) is 12.1. The molecule has 3 amide bonds. The fraction of sp³-hybridized carbons (Fsp3) is 0.516. The maximum atomic E-state index is 14.6. The summed E-state index contributed by atoms with van der Waals surface area (Å²) in [5, 5.41) is 21.9. The van der Waals surface area contributed by atoms with Crippen LogP contribution in [0, 0.1) is 5.92 Å². The number of benzene rings is 2. The smallest absolute Gasteiger partial charge is 0.264 e. The first kappa shape index (κ1) is 31.8. The molecule has 0 aromatic heterocycles. The number of nitrogens with one attached hydrogen (secondary N) is 1. The molecule has 3 aliphatic heterocycles. The lowest BCUT2D eigenvalue weighted by atomic mass is 9.82. The van der Waals surface area contributed by atoms with Crippen LogP contribution in [-0.4, -0.2) is 77.3 Å². The quantitative estimate of drug-likeness (QED) is 0.315. The van der Waals surface area contributed by atoms with Crippen molar-refractivity contribution in [3.05, 3.63) is 58.1 Å². The summed E-state index contributed by atoms with van der Waals surface area (Å²) in [6.07, 6.45) is -0.193. The molecule has 4 N–H and O–H groups in total. The van der Waals surface area contributed by atoms with Gasteiger partial charge in [0.05, 0.1) is 37.4 Å². The van der Waals surface area contributed by atoms with Crippen molar-refractivity contribution in [2.24, 2.45) is 5.92 Å². The minimum Gasteiger partial charge on any atom is -0.432 e. The van der Waals surface area contributed by atoms with Crippen LogP contribution in [0.5, 0.6) is 0 Å². The van der Waals surface area contributed by atoms with E-state index in [0.29, 0.717) is 23.5 Å². The third-order valence-corrected chi connectivity index (χ3v) is 12.2. The molecule has 43 heavy (non-hydrogen) atoms. The number of aliphatic hydroxyl groups excluding tert-OH is 2. The van der Waals surface area contributed by atoms with E-state index < -0.39 is 38.0 Å². The predicted octanol–water partition coefficient (Wildman–Crippen LogP) is 3.49. The highest BCUT2D eigenvalue weighted by molar-refractivity contribution is 9.10. The van der Waals surface area contributed by atoms with Gasteiger partial charge in [0.1, 0.15) is 6.10 Å². The van der Waals surface area contributed by atoms with E-state index in [1.165, 1.54) is 6.92 Å². The number of hydrogen-bond donors (Lipinski definition) is 4. The van der Waals surface area contributed by atoms with Gasteiger partial charge >= 0.3 is 0 Å². The summed E-state index contributed by atoms with van der Waals surface area (Å²) < 4.78 is 7.57. The molecule has 3 heterocycles. The molecule has 1 spiro atoms. The van der Waals surface area contributed by atoms with Gasteiger partial charge in [0.25, 0.3) is 11.8 Å². The van der Waals surface area contributed by atoms with Gasteiger partial charge in [-0.25, -0.2) is 0 Å². The number of anilines is 2. The topological polar surface area (TPSA) is 140 Å². The molecule has 12 heteroatoms. The first-order valence-electron chi connectivity index (χ1n) is 14.8.